The fourth-order valence-electron chi connectivity index (χ4n) is 2.14. The van der Waals surface area contributed by atoms with Crippen LogP contribution in [0.5, 0.6) is 0 Å². The first kappa shape index (κ1) is 16.1. The van der Waals surface area contributed by atoms with E-state index in [1.807, 2.05) is 19.1 Å². The Bertz CT molecular complexity index is 554. The number of hydrogen-bond acceptors (Lipinski definition) is 3. The molecule has 1 N–H and O–H groups in total. The van der Waals surface area contributed by atoms with Gasteiger partial charge in [0.1, 0.15) is 6.04 Å². The third kappa shape index (κ3) is 3.14. The van der Waals surface area contributed by atoms with Crippen molar-refractivity contribution in [1.29, 1.82) is 0 Å². The van der Waals surface area contributed by atoms with Crippen LogP contribution in [-0.4, -0.2) is 39.1 Å². The zero-order chi connectivity index (χ0) is 14.9. The zero-order valence-corrected chi connectivity index (χ0v) is 15.2. The molecule has 1 aliphatic rings. The Balaban J connectivity index is 2.38. The van der Waals surface area contributed by atoms with Crippen LogP contribution in [0.15, 0.2) is 22.7 Å². The largest absolute Gasteiger partial charge is 0.480 e. The third-order valence-corrected chi connectivity index (χ3v) is 6.01. The standard InChI is InChI=1S/C13H13BrINO3S/c1-2-11-16(10(6-20-11)13(18)19)12(17)8-5-7(14)3-4-9(8)15/h3-5,10-11H,2,6H2,1H3,(H,18,19). The lowest BCUT2D eigenvalue weighted by Crippen LogP contribution is -2.45. The van der Waals surface area contributed by atoms with Crippen molar-refractivity contribution in [2.24, 2.45) is 0 Å². The third-order valence-electron chi connectivity index (χ3n) is 3.12. The minimum atomic E-state index is -0.938. The SMILES string of the molecule is CCC1SCC(C(=O)O)N1C(=O)c1cc(Br)ccc1I. The number of thioether (sulfide) groups is 1. The molecule has 0 saturated carbocycles. The predicted octanol–water partition coefficient (Wildman–Crippen LogP) is 3.43. The topological polar surface area (TPSA) is 57.6 Å². The molecule has 1 heterocycles. The summed E-state index contributed by atoms with van der Waals surface area (Å²) in [6.45, 7) is 1.97. The molecule has 1 saturated heterocycles. The van der Waals surface area contributed by atoms with E-state index >= 15 is 0 Å². The number of nitrogens with zero attached hydrogens (tertiary/aromatic N) is 1. The summed E-state index contributed by atoms with van der Waals surface area (Å²) >= 11 is 6.98. The average Bonchev–Trinajstić information content (AvgIpc) is 2.84. The van der Waals surface area contributed by atoms with Crippen molar-refractivity contribution in [1.82, 2.24) is 4.90 Å². The lowest BCUT2D eigenvalue weighted by atomic mass is 10.1. The number of carboxylic acid groups (broad SMARTS) is 1. The maximum Gasteiger partial charge on any atom is 0.327 e. The van der Waals surface area contributed by atoms with E-state index in [1.54, 1.807) is 6.07 Å². The zero-order valence-electron chi connectivity index (χ0n) is 10.7. The first-order valence-corrected chi connectivity index (χ1v) is 9.00. The Kier molecular flexibility index (Phi) is 5.36. The van der Waals surface area contributed by atoms with E-state index < -0.39 is 12.0 Å². The molecule has 2 atom stereocenters. The Morgan fingerprint density at radius 1 is 1.55 bits per heavy atom. The first-order chi connectivity index (χ1) is 9.45. The molecule has 1 aliphatic heterocycles. The van der Waals surface area contributed by atoms with Crippen LogP contribution in [0.4, 0.5) is 0 Å². The number of halogens is 2. The molecule has 0 aromatic heterocycles. The highest BCUT2D eigenvalue weighted by molar-refractivity contribution is 14.1. The molecule has 20 heavy (non-hydrogen) atoms. The van der Waals surface area contributed by atoms with Crippen LogP contribution < -0.4 is 0 Å². The average molecular weight is 470 g/mol. The highest BCUT2D eigenvalue weighted by atomic mass is 127. The lowest BCUT2D eigenvalue weighted by Gasteiger charge is -2.27. The minimum absolute atomic E-state index is 0.0709. The Morgan fingerprint density at radius 3 is 2.85 bits per heavy atom. The monoisotopic (exact) mass is 469 g/mol. The van der Waals surface area contributed by atoms with Gasteiger partial charge in [0, 0.05) is 13.8 Å². The molecule has 0 aliphatic carbocycles. The quantitative estimate of drug-likeness (QED) is 0.689. The van der Waals surface area contributed by atoms with E-state index in [0.717, 1.165) is 14.5 Å². The summed E-state index contributed by atoms with van der Waals surface area (Å²) in [5, 5.41) is 9.23. The number of carboxylic acids is 1. The van der Waals surface area contributed by atoms with Gasteiger partial charge >= 0.3 is 5.97 Å². The smallest absolute Gasteiger partial charge is 0.327 e. The van der Waals surface area contributed by atoms with Crippen molar-refractivity contribution in [2.75, 3.05) is 5.75 Å². The number of hydrogen-bond donors (Lipinski definition) is 1. The van der Waals surface area contributed by atoms with E-state index in [9.17, 15) is 14.7 Å². The molecular weight excluding hydrogens is 457 g/mol. The Hall–Kier alpha value is -0.280. The molecular formula is C13H13BrINO3S. The van der Waals surface area contributed by atoms with Crippen LogP contribution in [0, 0.1) is 3.57 Å². The van der Waals surface area contributed by atoms with Gasteiger partial charge in [-0.15, -0.1) is 11.8 Å². The van der Waals surface area contributed by atoms with Gasteiger partial charge in [-0.1, -0.05) is 22.9 Å². The van der Waals surface area contributed by atoms with Crippen molar-refractivity contribution >= 4 is 62.2 Å². The molecule has 0 spiro atoms. The van der Waals surface area contributed by atoms with Gasteiger partial charge in [0.15, 0.2) is 0 Å². The molecule has 2 rings (SSSR count). The minimum Gasteiger partial charge on any atom is -0.480 e. The van der Waals surface area contributed by atoms with Gasteiger partial charge in [-0.2, -0.15) is 0 Å². The summed E-state index contributed by atoms with van der Waals surface area (Å²) in [6, 6.07) is 4.71. The normalized spacial score (nSPS) is 22.1. The van der Waals surface area contributed by atoms with Crippen molar-refractivity contribution in [3.05, 3.63) is 31.8 Å². The molecule has 108 valence electrons. The molecule has 1 aromatic carbocycles. The van der Waals surface area contributed by atoms with Gasteiger partial charge in [-0.3, -0.25) is 4.79 Å². The number of aliphatic carboxylic acids is 1. The van der Waals surface area contributed by atoms with E-state index in [-0.39, 0.29) is 11.3 Å². The van der Waals surface area contributed by atoms with Crippen LogP contribution in [-0.2, 0) is 4.79 Å². The van der Waals surface area contributed by atoms with Gasteiger partial charge < -0.3 is 10.0 Å². The Labute approximate surface area is 143 Å². The summed E-state index contributed by atoms with van der Waals surface area (Å²) in [5.41, 5.74) is 0.548. The summed E-state index contributed by atoms with van der Waals surface area (Å²) in [7, 11) is 0. The number of carbonyl (C=O) groups excluding carboxylic acids is 1. The predicted molar refractivity (Wildman–Crippen MR) is 91.0 cm³/mol. The van der Waals surface area contributed by atoms with Crippen LogP contribution in [0.3, 0.4) is 0 Å². The van der Waals surface area contributed by atoms with Crippen molar-refractivity contribution in [3.63, 3.8) is 0 Å². The van der Waals surface area contributed by atoms with Crippen LogP contribution in [0.1, 0.15) is 23.7 Å². The summed E-state index contributed by atoms with van der Waals surface area (Å²) in [6.07, 6.45) is 0.741. The van der Waals surface area contributed by atoms with E-state index in [0.29, 0.717) is 11.3 Å². The number of rotatable bonds is 3. The van der Waals surface area contributed by atoms with Gasteiger partial charge in [0.2, 0.25) is 0 Å². The van der Waals surface area contributed by atoms with Gasteiger partial charge in [-0.25, -0.2) is 4.79 Å². The molecule has 0 radical (unpaired) electrons. The molecule has 4 nitrogen and oxygen atoms in total. The molecule has 2 unspecified atom stereocenters. The van der Waals surface area contributed by atoms with Crippen LogP contribution in [0.25, 0.3) is 0 Å². The fourth-order valence-corrected chi connectivity index (χ4v) is 4.42. The van der Waals surface area contributed by atoms with Gasteiger partial charge in [0.25, 0.3) is 5.91 Å². The highest BCUT2D eigenvalue weighted by Gasteiger charge is 2.41. The maximum atomic E-state index is 12.7. The van der Waals surface area contributed by atoms with Crippen molar-refractivity contribution in [3.8, 4) is 0 Å². The summed E-state index contributed by atoms with van der Waals surface area (Å²) in [4.78, 5) is 25.6. The molecule has 1 amide bonds. The van der Waals surface area contributed by atoms with Gasteiger partial charge in [-0.05, 0) is 47.2 Å². The van der Waals surface area contributed by atoms with E-state index in [2.05, 4.69) is 38.5 Å². The van der Waals surface area contributed by atoms with E-state index in [4.69, 9.17) is 0 Å². The van der Waals surface area contributed by atoms with E-state index in [1.165, 1.54) is 16.7 Å². The first-order valence-electron chi connectivity index (χ1n) is 6.07. The van der Waals surface area contributed by atoms with Crippen LogP contribution in [0.2, 0.25) is 0 Å². The number of benzene rings is 1. The van der Waals surface area contributed by atoms with Gasteiger partial charge in [0.05, 0.1) is 10.9 Å². The number of amides is 1. The second kappa shape index (κ2) is 6.65. The van der Waals surface area contributed by atoms with Crippen molar-refractivity contribution < 1.29 is 14.7 Å². The second-order valence-electron chi connectivity index (χ2n) is 4.39. The molecule has 1 aromatic rings. The number of carbonyl (C=O) groups is 2. The lowest BCUT2D eigenvalue weighted by molar-refractivity contribution is -0.141. The van der Waals surface area contributed by atoms with Crippen molar-refractivity contribution in [2.45, 2.75) is 24.8 Å². The molecule has 1 fully saturated rings. The highest BCUT2D eigenvalue weighted by Crippen LogP contribution is 2.33. The molecule has 7 heteroatoms. The fraction of sp³-hybridized carbons (Fsp3) is 0.385. The Morgan fingerprint density at radius 2 is 2.25 bits per heavy atom. The maximum absolute atomic E-state index is 12.7. The second-order valence-corrected chi connectivity index (χ2v) is 7.68. The molecule has 0 bridgehead atoms. The summed E-state index contributed by atoms with van der Waals surface area (Å²) in [5.74, 6) is -0.698. The summed E-state index contributed by atoms with van der Waals surface area (Å²) < 4.78 is 1.64. The van der Waals surface area contributed by atoms with Crippen LogP contribution >= 0.6 is 50.3 Å².